The molecule has 110 valence electrons. The van der Waals surface area contributed by atoms with Gasteiger partial charge in [-0.15, -0.1) is 0 Å². The zero-order valence-corrected chi connectivity index (χ0v) is 13.2. The van der Waals surface area contributed by atoms with E-state index in [4.69, 9.17) is 5.26 Å². The van der Waals surface area contributed by atoms with Gasteiger partial charge in [-0.05, 0) is 47.3 Å². The molecule has 4 heteroatoms. The van der Waals surface area contributed by atoms with Crippen molar-refractivity contribution < 1.29 is 0 Å². The van der Waals surface area contributed by atoms with E-state index in [1.807, 2.05) is 13.8 Å². The Balaban J connectivity index is 2.12. The van der Waals surface area contributed by atoms with E-state index in [1.165, 1.54) is 32.7 Å². The van der Waals surface area contributed by atoms with Crippen molar-refractivity contribution in [3.63, 3.8) is 0 Å². The van der Waals surface area contributed by atoms with Gasteiger partial charge in [-0.1, -0.05) is 0 Å². The molecule has 1 fully saturated rings. The topological polar surface area (TPSA) is 33.5 Å². The van der Waals surface area contributed by atoms with E-state index in [9.17, 15) is 0 Å². The monoisotopic (exact) mass is 266 g/mol. The summed E-state index contributed by atoms with van der Waals surface area (Å²) in [4.78, 5) is 7.34. The third kappa shape index (κ3) is 6.91. The van der Waals surface area contributed by atoms with E-state index in [0.717, 1.165) is 25.9 Å². The largest absolute Gasteiger partial charge is 0.308 e. The van der Waals surface area contributed by atoms with Crippen LogP contribution in [0.4, 0.5) is 0 Å². The van der Waals surface area contributed by atoms with Crippen LogP contribution in [0.15, 0.2) is 0 Å². The van der Waals surface area contributed by atoms with Crippen molar-refractivity contribution in [2.75, 3.05) is 59.9 Å². The van der Waals surface area contributed by atoms with Crippen molar-refractivity contribution in [2.45, 2.75) is 26.7 Å². The van der Waals surface area contributed by atoms with Crippen molar-refractivity contribution in [1.29, 1.82) is 5.26 Å². The van der Waals surface area contributed by atoms with Crippen LogP contribution < -0.4 is 0 Å². The highest BCUT2D eigenvalue weighted by Gasteiger charge is 2.19. The molecule has 0 aromatic rings. The summed E-state index contributed by atoms with van der Waals surface area (Å²) >= 11 is 0. The van der Waals surface area contributed by atoms with Crippen LogP contribution in [-0.4, -0.2) is 74.6 Å². The van der Waals surface area contributed by atoms with Gasteiger partial charge in [-0.25, -0.2) is 0 Å². The predicted octanol–water partition coefficient (Wildman–Crippen LogP) is 1.50. The minimum atomic E-state index is -0.159. The predicted molar refractivity (Wildman–Crippen MR) is 80.1 cm³/mol. The number of rotatable bonds is 7. The highest BCUT2D eigenvalue weighted by molar-refractivity contribution is 4.91. The van der Waals surface area contributed by atoms with Crippen molar-refractivity contribution in [1.82, 2.24) is 14.7 Å². The highest BCUT2D eigenvalue weighted by atomic mass is 15.3. The van der Waals surface area contributed by atoms with E-state index in [2.05, 4.69) is 34.9 Å². The lowest BCUT2D eigenvalue weighted by molar-refractivity contribution is 0.122. The van der Waals surface area contributed by atoms with Crippen LogP contribution in [0.2, 0.25) is 0 Å². The van der Waals surface area contributed by atoms with Crippen LogP contribution in [0.1, 0.15) is 26.7 Å². The molecule has 0 atom stereocenters. The maximum atomic E-state index is 9.00. The van der Waals surface area contributed by atoms with E-state index in [0.29, 0.717) is 0 Å². The number of nitrogens with zero attached hydrogens (tertiary/aromatic N) is 4. The Morgan fingerprint density at radius 3 is 2.05 bits per heavy atom. The first-order valence-electron chi connectivity index (χ1n) is 7.44. The number of hydrogen-bond donors (Lipinski definition) is 0. The Bertz CT molecular complexity index is 285. The summed E-state index contributed by atoms with van der Waals surface area (Å²) in [5, 5.41) is 9.00. The second-order valence-electron chi connectivity index (χ2n) is 6.59. The number of likely N-dealkylation sites (N-methyl/N-ethyl adjacent to an activating group) is 1. The second-order valence-corrected chi connectivity index (χ2v) is 6.59. The lowest BCUT2D eigenvalue weighted by Crippen LogP contribution is -2.48. The maximum absolute atomic E-state index is 9.00. The van der Waals surface area contributed by atoms with Gasteiger partial charge >= 0.3 is 0 Å². The van der Waals surface area contributed by atoms with E-state index < -0.39 is 0 Å². The molecule has 0 aliphatic carbocycles. The average Bonchev–Trinajstić information content (AvgIpc) is 2.37. The maximum Gasteiger partial charge on any atom is 0.0683 e. The van der Waals surface area contributed by atoms with E-state index in [-0.39, 0.29) is 5.41 Å². The van der Waals surface area contributed by atoms with Gasteiger partial charge in [0.15, 0.2) is 0 Å². The smallest absolute Gasteiger partial charge is 0.0683 e. The molecule has 4 nitrogen and oxygen atoms in total. The van der Waals surface area contributed by atoms with Crippen LogP contribution >= 0.6 is 0 Å². The minimum Gasteiger partial charge on any atom is -0.308 e. The Morgan fingerprint density at radius 2 is 1.58 bits per heavy atom. The zero-order chi connectivity index (χ0) is 14.3. The summed E-state index contributed by atoms with van der Waals surface area (Å²) in [5.41, 5.74) is -0.159. The fraction of sp³-hybridized carbons (Fsp3) is 0.933. The van der Waals surface area contributed by atoms with Gasteiger partial charge in [-0.2, -0.15) is 5.26 Å². The molecule has 0 unspecified atom stereocenters. The molecule has 1 aliphatic heterocycles. The Labute approximate surface area is 119 Å². The van der Waals surface area contributed by atoms with Gasteiger partial charge in [0, 0.05) is 39.3 Å². The van der Waals surface area contributed by atoms with Crippen LogP contribution in [0.5, 0.6) is 0 Å². The molecule has 0 N–H and O–H groups in total. The van der Waals surface area contributed by atoms with Crippen molar-refractivity contribution in [3.8, 4) is 6.07 Å². The molecule has 1 aliphatic rings. The molecular formula is C15H30N4. The normalized spacial score (nSPS) is 18.7. The minimum absolute atomic E-state index is 0.159. The fourth-order valence-electron chi connectivity index (χ4n) is 2.38. The van der Waals surface area contributed by atoms with E-state index >= 15 is 0 Å². The van der Waals surface area contributed by atoms with Crippen LogP contribution in [-0.2, 0) is 0 Å². The van der Waals surface area contributed by atoms with Crippen molar-refractivity contribution in [3.05, 3.63) is 0 Å². The molecule has 0 spiro atoms. The molecule has 0 amide bonds. The standard InChI is InChI=1S/C15H30N4/c1-15(2,14-16)6-5-7-18-10-12-19(13-11-18)9-8-17(3)4/h5-13H2,1-4H3. The quantitative estimate of drug-likeness (QED) is 0.699. The summed E-state index contributed by atoms with van der Waals surface area (Å²) in [6.07, 6.45) is 2.14. The fourth-order valence-corrected chi connectivity index (χ4v) is 2.38. The first-order valence-corrected chi connectivity index (χ1v) is 7.44. The molecule has 0 aromatic heterocycles. The first kappa shape index (κ1) is 16.4. The lowest BCUT2D eigenvalue weighted by atomic mass is 9.90. The third-order valence-corrected chi connectivity index (χ3v) is 3.91. The second kappa shape index (κ2) is 7.84. The molecule has 0 aromatic carbocycles. The zero-order valence-electron chi connectivity index (χ0n) is 13.2. The summed E-state index contributed by atoms with van der Waals surface area (Å²) in [5.74, 6) is 0. The molecule has 1 saturated heterocycles. The molecule has 0 bridgehead atoms. The van der Waals surface area contributed by atoms with E-state index in [1.54, 1.807) is 0 Å². The van der Waals surface area contributed by atoms with Gasteiger partial charge in [0.1, 0.15) is 0 Å². The lowest BCUT2D eigenvalue weighted by Gasteiger charge is -2.35. The van der Waals surface area contributed by atoms with Crippen LogP contribution in [0, 0.1) is 16.7 Å². The van der Waals surface area contributed by atoms with Gasteiger partial charge in [0.25, 0.3) is 0 Å². The van der Waals surface area contributed by atoms with Crippen LogP contribution in [0.25, 0.3) is 0 Å². The molecule has 19 heavy (non-hydrogen) atoms. The first-order chi connectivity index (χ1) is 8.93. The Kier molecular flexibility index (Phi) is 6.78. The summed E-state index contributed by atoms with van der Waals surface area (Å²) in [7, 11) is 4.26. The molecule has 0 radical (unpaired) electrons. The Morgan fingerprint density at radius 1 is 1.05 bits per heavy atom. The Hall–Kier alpha value is -0.630. The molecule has 1 rings (SSSR count). The molecular weight excluding hydrogens is 236 g/mol. The number of piperazine rings is 1. The summed E-state index contributed by atoms with van der Waals surface area (Å²) in [6, 6.07) is 2.38. The van der Waals surface area contributed by atoms with Crippen LogP contribution in [0.3, 0.4) is 0 Å². The highest BCUT2D eigenvalue weighted by Crippen LogP contribution is 2.20. The van der Waals surface area contributed by atoms with Gasteiger partial charge in [0.05, 0.1) is 11.5 Å². The average molecular weight is 266 g/mol. The third-order valence-electron chi connectivity index (χ3n) is 3.91. The van der Waals surface area contributed by atoms with Gasteiger partial charge in [0.2, 0.25) is 0 Å². The molecule has 1 heterocycles. The molecule has 0 saturated carbocycles. The number of hydrogen-bond acceptors (Lipinski definition) is 4. The SMILES string of the molecule is CN(C)CCN1CCN(CCCC(C)(C)C#N)CC1. The van der Waals surface area contributed by atoms with Gasteiger partial charge < -0.3 is 9.80 Å². The van der Waals surface area contributed by atoms with Crippen molar-refractivity contribution in [2.24, 2.45) is 5.41 Å². The number of nitriles is 1. The van der Waals surface area contributed by atoms with Crippen molar-refractivity contribution >= 4 is 0 Å². The summed E-state index contributed by atoms with van der Waals surface area (Å²) < 4.78 is 0. The van der Waals surface area contributed by atoms with Gasteiger partial charge in [-0.3, -0.25) is 4.90 Å². The summed E-state index contributed by atoms with van der Waals surface area (Å²) in [6.45, 7) is 12.3.